The number of carbonyl (C=O) groups excluding carboxylic acids is 1. The molecule has 1 saturated carbocycles. The number of hydrogen-bond acceptors (Lipinski definition) is 1. The van der Waals surface area contributed by atoms with Crippen LogP contribution in [-0.4, -0.2) is 5.78 Å². The maximum absolute atomic E-state index is 14.5. The van der Waals surface area contributed by atoms with E-state index in [0.717, 1.165) is 17.5 Å². The average Bonchev–Trinajstić information content (AvgIpc) is 2.76. The van der Waals surface area contributed by atoms with Crippen LogP contribution in [0.4, 0.5) is 4.39 Å². The largest absolute Gasteiger partial charge is 0.299 e. The second kappa shape index (κ2) is 3.78. The van der Waals surface area contributed by atoms with Crippen molar-refractivity contribution in [2.75, 3.05) is 0 Å². The van der Waals surface area contributed by atoms with E-state index in [1.54, 1.807) is 6.07 Å². The monoisotopic (exact) mass is 266 g/mol. The Morgan fingerprint density at radius 1 is 1.10 bits per heavy atom. The van der Waals surface area contributed by atoms with Crippen LogP contribution in [0.5, 0.6) is 0 Å². The molecule has 0 aromatic heterocycles. The van der Waals surface area contributed by atoms with E-state index in [0.29, 0.717) is 12.0 Å². The van der Waals surface area contributed by atoms with Crippen LogP contribution >= 0.6 is 0 Å². The van der Waals surface area contributed by atoms with Crippen LogP contribution < -0.4 is 0 Å². The van der Waals surface area contributed by atoms with E-state index in [1.807, 2.05) is 31.2 Å². The molecule has 2 aliphatic carbocycles. The van der Waals surface area contributed by atoms with Gasteiger partial charge in [-0.3, -0.25) is 4.79 Å². The fraction of sp³-hybridized carbons (Fsp3) is 0.278. The standard InChI is InChI=1S/C18H15FO/c1-18-14(9-10-16(18)20)12-6-3-2-5-11(12)13-7-4-8-15(19)17(13)18/h2-8,14H,9-10H2,1H3/t14-,18-/m1/s1. The minimum atomic E-state index is -0.699. The molecule has 2 aromatic rings. The summed E-state index contributed by atoms with van der Waals surface area (Å²) in [6.07, 6.45) is 1.36. The summed E-state index contributed by atoms with van der Waals surface area (Å²) in [5.74, 6) is 0.0266. The molecular weight excluding hydrogens is 251 g/mol. The van der Waals surface area contributed by atoms with Gasteiger partial charge in [-0.15, -0.1) is 0 Å². The van der Waals surface area contributed by atoms with Crippen molar-refractivity contribution < 1.29 is 9.18 Å². The second-order valence-electron chi connectivity index (χ2n) is 5.97. The minimum Gasteiger partial charge on any atom is -0.299 e. The van der Waals surface area contributed by atoms with Gasteiger partial charge in [-0.1, -0.05) is 36.4 Å². The molecular formula is C18H15FO. The smallest absolute Gasteiger partial charge is 0.143 e. The Balaban J connectivity index is 2.15. The Bertz CT molecular complexity index is 734. The predicted molar refractivity (Wildman–Crippen MR) is 76.2 cm³/mol. The van der Waals surface area contributed by atoms with E-state index in [-0.39, 0.29) is 17.5 Å². The highest BCUT2D eigenvalue weighted by Crippen LogP contribution is 2.57. The first-order valence-corrected chi connectivity index (χ1v) is 7.05. The van der Waals surface area contributed by atoms with Gasteiger partial charge in [-0.2, -0.15) is 0 Å². The number of hydrogen-bond donors (Lipinski definition) is 0. The van der Waals surface area contributed by atoms with Gasteiger partial charge in [0.2, 0.25) is 0 Å². The summed E-state index contributed by atoms with van der Waals surface area (Å²) in [6, 6.07) is 13.2. The summed E-state index contributed by atoms with van der Waals surface area (Å²) in [4.78, 5) is 12.5. The van der Waals surface area contributed by atoms with Crippen molar-refractivity contribution in [3.05, 3.63) is 59.4 Å². The van der Waals surface area contributed by atoms with Crippen molar-refractivity contribution in [3.8, 4) is 11.1 Å². The van der Waals surface area contributed by atoms with Gasteiger partial charge in [0.05, 0.1) is 5.41 Å². The summed E-state index contributed by atoms with van der Waals surface area (Å²) in [5, 5.41) is 0. The third kappa shape index (κ3) is 1.24. The van der Waals surface area contributed by atoms with E-state index < -0.39 is 5.41 Å². The first-order chi connectivity index (χ1) is 9.64. The topological polar surface area (TPSA) is 17.1 Å². The van der Waals surface area contributed by atoms with Crippen LogP contribution in [0.3, 0.4) is 0 Å². The van der Waals surface area contributed by atoms with Crippen LogP contribution in [0.25, 0.3) is 11.1 Å². The third-order valence-corrected chi connectivity index (χ3v) is 5.10. The number of carbonyl (C=O) groups is 1. The first kappa shape index (κ1) is 11.8. The Morgan fingerprint density at radius 3 is 2.70 bits per heavy atom. The molecule has 0 spiro atoms. The highest BCUT2D eigenvalue weighted by molar-refractivity contribution is 5.98. The Kier molecular flexibility index (Phi) is 2.24. The van der Waals surface area contributed by atoms with Gasteiger partial charge < -0.3 is 0 Å². The van der Waals surface area contributed by atoms with Gasteiger partial charge >= 0.3 is 0 Å². The van der Waals surface area contributed by atoms with Gasteiger partial charge in [-0.25, -0.2) is 4.39 Å². The van der Waals surface area contributed by atoms with Crippen LogP contribution in [0.1, 0.15) is 36.8 Å². The quantitative estimate of drug-likeness (QED) is 0.698. The van der Waals surface area contributed by atoms with E-state index in [1.165, 1.54) is 11.6 Å². The minimum absolute atomic E-state index is 0.107. The highest BCUT2D eigenvalue weighted by atomic mass is 19.1. The number of rotatable bonds is 0. The van der Waals surface area contributed by atoms with Gasteiger partial charge in [0, 0.05) is 17.9 Å². The number of halogens is 1. The molecule has 0 aliphatic heterocycles. The Morgan fingerprint density at radius 2 is 1.85 bits per heavy atom. The first-order valence-electron chi connectivity index (χ1n) is 7.05. The zero-order chi connectivity index (χ0) is 13.9. The molecule has 0 amide bonds. The maximum Gasteiger partial charge on any atom is 0.143 e. The molecule has 0 heterocycles. The van der Waals surface area contributed by atoms with Crippen molar-refractivity contribution in [3.63, 3.8) is 0 Å². The number of Topliss-reactive ketones (excluding diaryl/α,β-unsaturated/α-hetero) is 1. The fourth-order valence-corrected chi connectivity index (χ4v) is 4.12. The van der Waals surface area contributed by atoms with Crippen LogP contribution in [0, 0.1) is 5.82 Å². The fourth-order valence-electron chi connectivity index (χ4n) is 4.12. The van der Waals surface area contributed by atoms with Crippen molar-refractivity contribution in [2.24, 2.45) is 0 Å². The molecule has 2 aromatic carbocycles. The van der Waals surface area contributed by atoms with Gasteiger partial charge in [0.15, 0.2) is 0 Å². The van der Waals surface area contributed by atoms with Crippen molar-refractivity contribution in [1.29, 1.82) is 0 Å². The van der Waals surface area contributed by atoms with E-state index >= 15 is 0 Å². The molecule has 100 valence electrons. The second-order valence-corrected chi connectivity index (χ2v) is 5.97. The maximum atomic E-state index is 14.5. The highest BCUT2D eigenvalue weighted by Gasteiger charge is 2.53. The average molecular weight is 266 g/mol. The third-order valence-electron chi connectivity index (χ3n) is 5.10. The lowest BCUT2D eigenvalue weighted by Gasteiger charge is -2.38. The number of benzene rings is 2. The molecule has 0 bridgehead atoms. The van der Waals surface area contributed by atoms with Crippen LogP contribution in [0.15, 0.2) is 42.5 Å². The molecule has 0 radical (unpaired) electrons. The van der Waals surface area contributed by atoms with Gasteiger partial charge in [-0.05, 0) is 36.1 Å². The molecule has 1 nitrogen and oxygen atoms in total. The summed E-state index contributed by atoms with van der Waals surface area (Å²) in [7, 11) is 0. The molecule has 2 atom stereocenters. The van der Waals surface area contributed by atoms with Crippen molar-refractivity contribution >= 4 is 5.78 Å². The summed E-state index contributed by atoms with van der Waals surface area (Å²) >= 11 is 0. The lowest BCUT2D eigenvalue weighted by Crippen LogP contribution is -2.37. The van der Waals surface area contributed by atoms with Crippen molar-refractivity contribution in [1.82, 2.24) is 0 Å². The normalized spacial score (nSPS) is 26.9. The van der Waals surface area contributed by atoms with E-state index in [9.17, 15) is 9.18 Å². The zero-order valence-corrected chi connectivity index (χ0v) is 11.3. The lowest BCUT2D eigenvalue weighted by atomic mass is 9.63. The molecule has 4 rings (SSSR count). The lowest BCUT2D eigenvalue weighted by molar-refractivity contribution is -0.122. The molecule has 2 heteroatoms. The summed E-state index contributed by atoms with van der Waals surface area (Å²) in [6.45, 7) is 1.92. The molecule has 1 fully saturated rings. The number of fused-ring (bicyclic) bond motifs is 6. The molecule has 0 N–H and O–H groups in total. The zero-order valence-electron chi connectivity index (χ0n) is 11.3. The summed E-state index contributed by atoms with van der Waals surface area (Å²) < 4.78 is 14.5. The van der Waals surface area contributed by atoms with Crippen LogP contribution in [-0.2, 0) is 10.2 Å². The van der Waals surface area contributed by atoms with Gasteiger partial charge in [0.25, 0.3) is 0 Å². The SMILES string of the molecule is C[C@]12C(=O)CC[C@@H]1c1ccccc1-c1cccc(F)c12. The van der Waals surface area contributed by atoms with Crippen LogP contribution in [0.2, 0.25) is 0 Å². The molecule has 0 saturated heterocycles. The number of ketones is 1. The predicted octanol–water partition coefficient (Wildman–Crippen LogP) is 4.21. The van der Waals surface area contributed by atoms with Crippen molar-refractivity contribution in [2.45, 2.75) is 31.1 Å². The Hall–Kier alpha value is -1.96. The summed E-state index contributed by atoms with van der Waals surface area (Å²) in [5.41, 5.74) is 3.06. The Labute approximate surface area is 117 Å². The molecule has 2 aliphatic rings. The molecule has 20 heavy (non-hydrogen) atoms. The van der Waals surface area contributed by atoms with Gasteiger partial charge in [0.1, 0.15) is 11.6 Å². The molecule has 0 unspecified atom stereocenters. The van der Waals surface area contributed by atoms with E-state index in [4.69, 9.17) is 0 Å². The van der Waals surface area contributed by atoms with E-state index in [2.05, 4.69) is 6.07 Å².